The molecule has 1 aliphatic heterocycles. The molecule has 1 saturated heterocycles. The molecular formula is C20H17IN2O5S. The van der Waals surface area contributed by atoms with Crippen molar-refractivity contribution in [3.63, 3.8) is 0 Å². The number of ether oxygens (including phenoxy) is 2. The first-order chi connectivity index (χ1) is 14.0. The van der Waals surface area contributed by atoms with Crippen LogP contribution in [0.5, 0.6) is 11.5 Å². The highest BCUT2D eigenvalue weighted by Crippen LogP contribution is 2.36. The number of carbonyl (C=O) groups excluding carboxylic acids is 1. The van der Waals surface area contributed by atoms with Gasteiger partial charge in [-0.05, 0) is 77.2 Å². The van der Waals surface area contributed by atoms with E-state index in [1.165, 1.54) is 11.8 Å². The highest BCUT2D eigenvalue weighted by Gasteiger charge is 2.24. The minimum atomic E-state index is -1.07. The lowest BCUT2D eigenvalue weighted by atomic mass is 10.2. The van der Waals surface area contributed by atoms with Crippen LogP contribution < -0.4 is 14.8 Å². The number of benzene rings is 2. The number of amidine groups is 1. The number of hydrogen-bond donors (Lipinski definition) is 2. The summed E-state index contributed by atoms with van der Waals surface area (Å²) in [6.07, 6.45) is 1.74. The van der Waals surface area contributed by atoms with E-state index in [1.54, 1.807) is 18.2 Å². The molecule has 3 rings (SSSR count). The number of aliphatic imine (C=N–C) groups is 1. The number of carboxylic acids is 1. The van der Waals surface area contributed by atoms with Crippen LogP contribution in [-0.2, 0) is 9.59 Å². The first-order valence-electron chi connectivity index (χ1n) is 8.62. The Balaban J connectivity index is 1.86. The van der Waals surface area contributed by atoms with Crippen molar-refractivity contribution >= 4 is 63.2 Å². The second-order valence-electron chi connectivity index (χ2n) is 5.76. The summed E-state index contributed by atoms with van der Waals surface area (Å²) in [6.45, 7) is 1.75. The number of amides is 1. The van der Waals surface area contributed by atoms with Gasteiger partial charge in [-0.15, -0.1) is 0 Å². The predicted octanol–water partition coefficient (Wildman–Crippen LogP) is 4.04. The van der Waals surface area contributed by atoms with Gasteiger partial charge in [0.05, 0.1) is 20.8 Å². The van der Waals surface area contributed by atoms with Gasteiger partial charge in [-0.1, -0.05) is 18.2 Å². The molecule has 0 bridgehead atoms. The summed E-state index contributed by atoms with van der Waals surface area (Å²) in [5.41, 5.74) is 1.49. The quantitative estimate of drug-likeness (QED) is 0.419. The number of rotatable bonds is 7. The first kappa shape index (κ1) is 21.2. The zero-order chi connectivity index (χ0) is 20.8. The van der Waals surface area contributed by atoms with E-state index in [9.17, 15) is 9.59 Å². The molecule has 2 aromatic carbocycles. The van der Waals surface area contributed by atoms with Gasteiger partial charge in [0.1, 0.15) is 0 Å². The Morgan fingerprint density at radius 2 is 2.03 bits per heavy atom. The van der Waals surface area contributed by atoms with Gasteiger partial charge >= 0.3 is 5.97 Å². The van der Waals surface area contributed by atoms with Crippen molar-refractivity contribution in [2.45, 2.75) is 6.92 Å². The molecule has 0 unspecified atom stereocenters. The van der Waals surface area contributed by atoms with E-state index < -0.39 is 12.6 Å². The molecule has 2 aromatic rings. The normalized spacial score (nSPS) is 16.1. The van der Waals surface area contributed by atoms with Crippen LogP contribution in [0.25, 0.3) is 6.08 Å². The van der Waals surface area contributed by atoms with Crippen LogP contribution in [0.2, 0.25) is 0 Å². The summed E-state index contributed by atoms with van der Waals surface area (Å²) in [7, 11) is 0. The summed E-state index contributed by atoms with van der Waals surface area (Å²) in [6, 6.07) is 12.9. The highest BCUT2D eigenvalue weighted by molar-refractivity contribution is 14.1. The Kier molecular flexibility index (Phi) is 7.15. The third-order valence-electron chi connectivity index (χ3n) is 3.61. The van der Waals surface area contributed by atoms with E-state index >= 15 is 0 Å². The third-order valence-corrected chi connectivity index (χ3v) is 5.32. The third kappa shape index (κ3) is 5.73. The zero-order valence-corrected chi connectivity index (χ0v) is 18.3. The van der Waals surface area contributed by atoms with Crippen LogP contribution in [0.1, 0.15) is 12.5 Å². The molecule has 0 atom stereocenters. The number of halogens is 1. The largest absolute Gasteiger partial charge is 0.490 e. The predicted molar refractivity (Wildman–Crippen MR) is 121 cm³/mol. The summed E-state index contributed by atoms with van der Waals surface area (Å²) in [4.78, 5) is 28.0. The number of para-hydroxylation sites is 1. The van der Waals surface area contributed by atoms with Crippen molar-refractivity contribution in [1.82, 2.24) is 5.32 Å². The fraction of sp³-hybridized carbons (Fsp3) is 0.150. The van der Waals surface area contributed by atoms with Crippen LogP contribution in [0.15, 0.2) is 52.4 Å². The lowest BCUT2D eigenvalue weighted by Gasteiger charge is -2.13. The molecule has 1 heterocycles. The van der Waals surface area contributed by atoms with Gasteiger partial charge in [0.2, 0.25) is 0 Å². The Hall–Kier alpha value is -2.53. The van der Waals surface area contributed by atoms with Crippen molar-refractivity contribution in [3.8, 4) is 11.5 Å². The monoisotopic (exact) mass is 524 g/mol. The minimum absolute atomic E-state index is 0.233. The number of aliphatic carboxylic acids is 1. The fourth-order valence-electron chi connectivity index (χ4n) is 2.46. The van der Waals surface area contributed by atoms with Crippen molar-refractivity contribution in [2.24, 2.45) is 4.99 Å². The number of carbonyl (C=O) groups is 2. The van der Waals surface area contributed by atoms with Crippen LogP contribution in [0.3, 0.4) is 0 Å². The smallest absolute Gasteiger partial charge is 0.341 e. The van der Waals surface area contributed by atoms with Gasteiger partial charge < -0.3 is 19.9 Å². The summed E-state index contributed by atoms with van der Waals surface area (Å²) >= 11 is 3.30. The molecule has 0 spiro atoms. The van der Waals surface area contributed by atoms with E-state index in [0.717, 1.165) is 11.3 Å². The van der Waals surface area contributed by atoms with Crippen LogP contribution >= 0.6 is 34.4 Å². The molecular weight excluding hydrogens is 507 g/mol. The zero-order valence-electron chi connectivity index (χ0n) is 15.3. The molecule has 2 N–H and O–H groups in total. The second-order valence-corrected chi connectivity index (χ2v) is 7.96. The van der Waals surface area contributed by atoms with E-state index in [0.29, 0.717) is 31.7 Å². The van der Waals surface area contributed by atoms with Crippen molar-refractivity contribution in [1.29, 1.82) is 0 Å². The molecule has 29 heavy (non-hydrogen) atoms. The van der Waals surface area contributed by atoms with Gasteiger partial charge in [-0.2, -0.15) is 0 Å². The molecule has 0 saturated carbocycles. The summed E-state index contributed by atoms with van der Waals surface area (Å²) < 4.78 is 11.6. The van der Waals surface area contributed by atoms with E-state index in [1.807, 2.05) is 37.3 Å². The Morgan fingerprint density at radius 1 is 1.28 bits per heavy atom. The van der Waals surface area contributed by atoms with Gasteiger partial charge in [0.25, 0.3) is 5.91 Å². The second kappa shape index (κ2) is 9.79. The Morgan fingerprint density at radius 3 is 2.72 bits per heavy atom. The average Bonchev–Trinajstić information content (AvgIpc) is 3.00. The maximum atomic E-state index is 12.3. The summed E-state index contributed by atoms with van der Waals surface area (Å²) in [5, 5.41) is 12.1. The lowest BCUT2D eigenvalue weighted by Crippen LogP contribution is -2.19. The Bertz CT molecular complexity index is 992. The molecule has 0 radical (unpaired) electrons. The molecule has 1 fully saturated rings. The van der Waals surface area contributed by atoms with Crippen LogP contribution in [0.4, 0.5) is 5.69 Å². The molecule has 150 valence electrons. The van der Waals surface area contributed by atoms with Gasteiger partial charge in [-0.25, -0.2) is 9.79 Å². The maximum Gasteiger partial charge on any atom is 0.341 e. The number of thioether (sulfide) groups is 1. The molecule has 7 nitrogen and oxygen atoms in total. The number of carboxylic acid groups (broad SMARTS) is 1. The number of nitrogens with zero attached hydrogens (tertiary/aromatic N) is 1. The van der Waals surface area contributed by atoms with E-state index in [2.05, 4.69) is 32.9 Å². The molecule has 0 aromatic heterocycles. The molecule has 0 aliphatic carbocycles. The minimum Gasteiger partial charge on any atom is -0.490 e. The molecule has 1 amide bonds. The molecule has 1 aliphatic rings. The maximum absolute atomic E-state index is 12.3. The van der Waals surface area contributed by atoms with Crippen LogP contribution in [-0.4, -0.2) is 35.4 Å². The summed E-state index contributed by atoms with van der Waals surface area (Å²) in [5.74, 6) is -0.511. The van der Waals surface area contributed by atoms with Crippen molar-refractivity contribution < 1.29 is 24.2 Å². The topological polar surface area (TPSA) is 97.2 Å². The van der Waals surface area contributed by atoms with Gasteiger partial charge in [-0.3, -0.25) is 4.79 Å². The van der Waals surface area contributed by atoms with Crippen molar-refractivity contribution in [3.05, 3.63) is 56.5 Å². The van der Waals surface area contributed by atoms with E-state index in [-0.39, 0.29) is 5.91 Å². The van der Waals surface area contributed by atoms with Gasteiger partial charge in [0, 0.05) is 0 Å². The van der Waals surface area contributed by atoms with Gasteiger partial charge in [0.15, 0.2) is 23.3 Å². The van der Waals surface area contributed by atoms with Crippen molar-refractivity contribution in [2.75, 3.05) is 13.2 Å². The SMILES string of the molecule is CCOc1cc(/C=C2/SC(=Nc3ccccc3)NC2=O)cc(I)c1OCC(=O)O. The van der Waals surface area contributed by atoms with E-state index in [4.69, 9.17) is 14.6 Å². The number of nitrogens with one attached hydrogen (secondary N) is 1. The Labute approximate surface area is 185 Å². The first-order valence-corrected chi connectivity index (χ1v) is 10.5. The molecule has 9 heteroatoms. The average molecular weight is 524 g/mol. The lowest BCUT2D eigenvalue weighted by molar-refractivity contribution is -0.139. The van der Waals surface area contributed by atoms with Crippen LogP contribution in [0, 0.1) is 3.57 Å². The number of hydrogen-bond acceptors (Lipinski definition) is 6. The standard InChI is InChI=1S/C20H17IN2O5S/c1-2-27-15-9-12(8-14(21)18(15)28-11-17(24)25)10-16-19(26)23-20(29-16)22-13-6-4-3-5-7-13/h3-10H,2,11H2,1H3,(H,24,25)(H,22,23,26)/b16-10+. The highest BCUT2D eigenvalue weighted by atomic mass is 127. The fourth-order valence-corrected chi connectivity index (χ4v) is 4.08.